The Labute approximate surface area is 141 Å². The molecule has 7 nitrogen and oxygen atoms in total. The maximum Gasteiger partial charge on any atom is 0.306 e. The number of furan rings is 1. The van der Waals surface area contributed by atoms with Gasteiger partial charge in [0.1, 0.15) is 11.3 Å². The van der Waals surface area contributed by atoms with E-state index in [1.807, 2.05) is 0 Å². The number of hydrogen-bond acceptors (Lipinski definition) is 5. The lowest BCUT2D eigenvalue weighted by atomic mass is 10.1. The lowest BCUT2D eigenvalue weighted by Gasteiger charge is -2.05. The van der Waals surface area contributed by atoms with E-state index >= 15 is 0 Å². The van der Waals surface area contributed by atoms with Gasteiger partial charge < -0.3 is 14.5 Å². The number of nitrogens with zero attached hydrogens (tertiary/aromatic N) is 1. The van der Waals surface area contributed by atoms with Crippen molar-refractivity contribution in [1.82, 2.24) is 0 Å². The number of hydrogen-bond donors (Lipinski definition) is 1. The van der Waals surface area contributed by atoms with Crippen LogP contribution in [0.4, 0.5) is 15.8 Å². The maximum atomic E-state index is 13.3. The standard InChI is InChI=1S/C17H13FN2O5/c1-24-12-3-4-13-10(9-25-16(13)8-12)6-17(21)19-11-2-5-14(18)15(7-11)20(22)23/h2-5,7-9H,6H2,1H3,(H,19,21). The number of methoxy groups -OCH3 is 1. The molecule has 0 unspecified atom stereocenters. The van der Waals surface area contributed by atoms with Crippen molar-refractivity contribution in [1.29, 1.82) is 0 Å². The van der Waals surface area contributed by atoms with Gasteiger partial charge in [0.2, 0.25) is 11.7 Å². The van der Waals surface area contributed by atoms with Crippen molar-refractivity contribution in [2.75, 3.05) is 12.4 Å². The Morgan fingerprint density at radius 1 is 1.32 bits per heavy atom. The largest absolute Gasteiger partial charge is 0.497 e. The minimum atomic E-state index is -0.960. The van der Waals surface area contributed by atoms with Crippen LogP contribution >= 0.6 is 0 Å². The highest BCUT2D eigenvalue weighted by molar-refractivity contribution is 5.95. The van der Waals surface area contributed by atoms with Crippen molar-refractivity contribution in [3.63, 3.8) is 0 Å². The van der Waals surface area contributed by atoms with Gasteiger partial charge in [0.05, 0.1) is 24.7 Å². The summed E-state index contributed by atoms with van der Waals surface area (Å²) in [5.41, 5.74) is 0.692. The second-order valence-electron chi connectivity index (χ2n) is 5.27. The van der Waals surface area contributed by atoms with Crippen LogP contribution in [0.15, 0.2) is 47.1 Å². The fourth-order valence-electron chi connectivity index (χ4n) is 2.44. The molecular formula is C17H13FN2O5. The Kier molecular flexibility index (Phi) is 4.34. The number of benzene rings is 2. The Balaban J connectivity index is 1.77. The van der Waals surface area contributed by atoms with Gasteiger partial charge in [0.15, 0.2) is 0 Å². The summed E-state index contributed by atoms with van der Waals surface area (Å²) in [6, 6.07) is 8.42. The molecule has 8 heteroatoms. The minimum absolute atomic E-state index is 0.00447. The second kappa shape index (κ2) is 6.60. The van der Waals surface area contributed by atoms with E-state index in [0.717, 1.165) is 17.5 Å². The van der Waals surface area contributed by atoms with Crippen molar-refractivity contribution in [2.24, 2.45) is 0 Å². The van der Waals surface area contributed by atoms with Crippen molar-refractivity contribution < 1.29 is 23.3 Å². The average Bonchev–Trinajstić information content (AvgIpc) is 2.98. The molecular weight excluding hydrogens is 331 g/mol. The molecule has 128 valence electrons. The summed E-state index contributed by atoms with van der Waals surface area (Å²) in [6.45, 7) is 0. The first-order valence-corrected chi connectivity index (χ1v) is 7.26. The topological polar surface area (TPSA) is 94.6 Å². The van der Waals surface area contributed by atoms with Gasteiger partial charge in [-0.2, -0.15) is 4.39 Å². The van der Waals surface area contributed by atoms with Gasteiger partial charge in [-0.3, -0.25) is 14.9 Å². The number of nitrogens with one attached hydrogen (secondary N) is 1. The molecule has 0 bridgehead atoms. The highest BCUT2D eigenvalue weighted by Crippen LogP contribution is 2.26. The van der Waals surface area contributed by atoms with Gasteiger partial charge in [-0.1, -0.05) is 0 Å². The number of carbonyl (C=O) groups excluding carboxylic acids is 1. The zero-order chi connectivity index (χ0) is 18.0. The number of carbonyl (C=O) groups is 1. The van der Waals surface area contributed by atoms with E-state index in [9.17, 15) is 19.3 Å². The summed E-state index contributed by atoms with van der Waals surface area (Å²) in [5, 5.41) is 14.0. The molecule has 0 aliphatic heterocycles. The molecule has 0 radical (unpaired) electrons. The van der Waals surface area contributed by atoms with Gasteiger partial charge in [-0.15, -0.1) is 0 Å². The van der Waals surface area contributed by atoms with Crippen LogP contribution in [0.1, 0.15) is 5.56 Å². The first-order valence-electron chi connectivity index (χ1n) is 7.26. The number of ether oxygens (including phenoxy) is 1. The van der Waals surface area contributed by atoms with E-state index in [2.05, 4.69) is 5.32 Å². The van der Waals surface area contributed by atoms with Gasteiger partial charge in [0, 0.05) is 28.8 Å². The number of halogens is 1. The third-order valence-corrected chi connectivity index (χ3v) is 3.64. The Hall–Kier alpha value is -3.42. The molecule has 3 aromatic rings. The lowest BCUT2D eigenvalue weighted by Crippen LogP contribution is -2.14. The van der Waals surface area contributed by atoms with E-state index in [1.54, 1.807) is 25.3 Å². The Morgan fingerprint density at radius 3 is 2.84 bits per heavy atom. The second-order valence-corrected chi connectivity index (χ2v) is 5.27. The van der Waals surface area contributed by atoms with E-state index in [0.29, 0.717) is 16.9 Å². The third kappa shape index (κ3) is 3.42. The molecule has 0 fully saturated rings. The van der Waals surface area contributed by atoms with Gasteiger partial charge >= 0.3 is 5.69 Å². The Morgan fingerprint density at radius 2 is 2.12 bits per heavy atom. The quantitative estimate of drug-likeness (QED) is 0.563. The van der Waals surface area contributed by atoms with Crippen LogP contribution in [0.2, 0.25) is 0 Å². The smallest absolute Gasteiger partial charge is 0.306 e. The van der Waals surface area contributed by atoms with Crippen LogP contribution in [0.5, 0.6) is 5.75 Å². The van der Waals surface area contributed by atoms with Crippen LogP contribution in [0, 0.1) is 15.9 Å². The van der Waals surface area contributed by atoms with Gasteiger partial charge in [0.25, 0.3) is 0 Å². The van der Waals surface area contributed by atoms with Crippen LogP contribution < -0.4 is 10.1 Å². The number of nitro groups is 1. The van der Waals surface area contributed by atoms with Crippen LogP contribution in [-0.4, -0.2) is 17.9 Å². The van der Waals surface area contributed by atoms with Crippen molar-refractivity contribution in [2.45, 2.75) is 6.42 Å². The van der Waals surface area contributed by atoms with Gasteiger partial charge in [-0.05, 0) is 24.3 Å². The summed E-state index contributed by atoms with van der Waals surface area (Å²) in [4.78, 5) is 22.1. The molecule has 0 aliphatic carbocycles. The van der Waals surface area contributed by atoms with Crippen molar-refractivity contribution in [3.8, 4) is 5.75 Å². The fourth-order valence-corrected chi connectivity index (χ4v) is 2.44. The SMILES string of the molecule is COc1ccc2c(CC(=O)Nc3ccc(F)c([N+](=O)[O-])c3)coc2c1. The normalized spacial score (nSPS) is 10.6. The molecule has 0 atom stereocenters. The average molecular weight is 344 g/mol. The number of amides is 1. The molecule has 2 aromatic carbocycles. The first kappa shape index (κ1) is 16.4. The van der Waals surface area contributed by atoms with E-state index in [-0.39, 0.29) is 12.1 Å². The molecule has 0 spiro atoms. The molecule has 25 heavy (non-hydrogen) atoms. The predicted molar refractivity (Wildman–Crippen MR) is 88.2 cm³/mol. The molecule has 1 aromatic heterocycles. The summed E-state index contributed by atoms with van der Waals surface area (Å²) >= 11 is 0. The summed E-state index contributed by atoms with van der Waals surface area (Å²) in [6.07, 6.45) is 1.47. The number of rotatable bonds is 5. The van der Waals surface area contributed by atoms with Crippen molar-refractivity contribution >= 4 is 28.3 Å². The molecule has 1 heterocycles. The van der Waals surface area contributed by atoms with E-state index < -0.39 is 22.3 Å². The maximum absolute atomic E-state index is 13.3. The van der Waals surface area contributed by atoms with E-state index in [4.69, 9.17) is 9.15 Å². The predicted octanol–water partition coefficient (Wildman–Crippen LogP) is 3.67. The van der Waals surface area contributed by atoms with Crippen LogP contribution in [-0.2, 0) is 11.2 Å². The van der Waals surface area contributed by atoms with Crippen LogP contribution in [0.25, 0.3) is 11.0 Å². The first-order chi connectivity index (χ1) is 12.0. The molecule has 0 aliphatic rings. The molecule has 3 rings (SSSR count). The summed E-state index contributed by atoms with van der Waals surface area (Å²) in [7, 11) is 1.54. The summed E-state index contributed by atoms with van der Waals surface area (Å²) in [5.74, 6) is -0.728. The number of anilines is 1. The summed E-state index contributed by atoms with van der Waals surface area (Å²) < 4.78 is 23.8. The Bertz CT molecular complexity index is 967. The minimum Gasteiger partial charge on any atom is -0.497 e. The lowest BCUT2D eigenvalue weighted by molar-refractivity contribution is -0.387. The third-order valence-electron chi connectivity index (χ3n) is 3.64. The van der Waals surface area contributed by atoms with E-state index in [1.165, 1.54) is 12.3 Å². The number of nitro benzene ring substituents is 1. The fraction of sp³-hybridized carbons (Fsp3) is 0.118. The van der Waals surface area contributed by atoms with Crippen molar-refractivity contribution in [3.05, 3.63) is 64.2 Å². The molecule has 1 amide bonds. The van der Waals surface area contributed by atoms with Gasteiger partial charge in [-0.25, -0.2) is 0 Å². The monoisotopic (exact) mass is 344 g/mol. The highest BCUT2D eigenvalue weighted by Gasteiger charge is 2.16. The highest BCUT2D eigenvalue weighted by atomic mass is 19.1. The zero-order valence-electron chi connectivity index (χ0n) is 13.1. The van der Waals surface area contributed by atoms with Crippen LogP contribution in [0.3, 0.4) is 0 Å². The molecule has 0 saturated carbocycles. The number of fused-ring (bicyclic) bond motifs is 1. The molecule has 1 N–H and O–H groups in total. The molecule has 0 saturated heterocycles. The zero-order valence-corrected chi connectivity index (χ0v) is 13.1.